The lowest BCUT2D eigenvalue weighted by Crippen LogP contribution is -2.12. The molecule has 0 unspecified atom stereocenters. The fourth-order valence-corrected chi connectivity index (χ4v) is 7.49. The average molecular weight is 650 g/mol. The lowest BCUT2D eigenvalue weighted by Gasteiger charge is -2.31. The van der Waals surface area contributed by atoms with Gasteiger partial charge in [-0.3, -0.25) is 0 Å². The molecule has 0 aromatic heterocycles. The summed E-state index contributed by atoms with van der Waals surface area (Å²) >= 11 is 0. The number of rotatable bonds is 7. The van der Waals surface area contributed by atoms with Gasteiger partial charge in [-0.05, 0) is 79.4 Å². The normalized spacial score (nSPS) is 11.1. The van der Waals surface area contributed by atoms with Gasteiger partial charge in [0.05, 0.1) is 5.69 Å². The van der Waals surface area contributed by atoms with Crippen molar-refractivity contribution in [2.75, 3.05) is 4.90 Å². The van der Waals surface area contributed by atoms with Gasteiger partial charge in [0.2, 0.25) is 0 Å². The summed E-state index contributed by atoms with van der Waals surface area (Å²) in [5.41, 5.74) is 13.0. The summed E-state index contributed by atoms with van der Waals surface area (Å²) < 4.78 is 0. The Kier molecular flexibility index (Phi) is 7.92. The summed E-state index contributed by atoms with van der Waals surface area (Å²) in [4.78, 5) is 2.46. The fourth-order valence-electron chi connectivity index (χ4n) is 7.49. The molecule has 1 nitrogen and oxygen atoms in total. The second-order valence-corrected chi connectivity index (χ2v) is 12.9. The maximum absolute atomic E-state index is 2.46. The van der Waals surface area contributed by atoms with Gasteiger partial charge in [-0.25, -0.2) is 0 Å². The zero-order valence-electron chi connectivity index (χ0n) is 28.2. The van der Waals surface area contributed by atoms with Crippen LogP contribution in [0.15, 0.2) is 212 Å². The van der Waals surface area contributed by atoms with Crippen LogP contribution in [0.2, 0.25) is 0 Å². The predicted molar refractivity (Wildman–Crippen MR) is 218 cm³/mol. The predicted octanol–water partition coefficient (Wildman–Crippen LogP) is 14.1. The minimum absolute atomic E-state index is 1.10. The van der Waals surface area contributed by atoms with E-state index in [1.54, 1.807) is 0 Å². The average Bonchev–Trinajstić information content (AvgIpc) is 3.22. The Morgan fingerprint density at radius 3 is 1.31 bits per heavy atom. The van der Waals surface area contributed by atoms with E-state index < -0.39 is 0 Å². The third-order valence-corrected chi connectivity index (χ3v) is 9.86. The van der Waals surface area contributed by atoms with Crippen LogP contribution in [0.3, 0.4) is 0 Å². The minimum Gasteiger partial charge on any atom is -0.309 e. The number of benzene rings is 9. The minimum atomic E-state index is 1.10. The first-order chi connectivity index (χ1) is 25.3. The van der Waals surface area contributed by atoms with E-state index >= 15 is 0 Å². The second kappa shape index (κ2) is 13.3. The van der Waals surface area contributed by atoms with Crippen molar-refractivity contribution in [1.29, 1.82) is 0 Å². The van der Waals surface area contributed by atoms with Crippen LogP contribution in [-0.2, 0) is 0 Å². The number of anilines is 3. The summed E-state index contributed by atoms with van der Waals surface area (Å²) in [5.74, 6) is 0. The number of hydrogen-bond donors (Lipinski definition) is 0. The quantitative estimate of drug-likeness (QED) is 0.155. The van der Waals surface area contributed by atoms with Gasteiger partial charge in [0, 0.05) is 22.3 Å². The summed E-state index contributed by atoms with van der Waals surface area (Å²) in [7, 11) is 0. The lowest BCUT2D eigenvalue weighted by molar-refractivity contribution is 1.30. The Bertz CT molecular complexity index is 2590. The van der Waals surface area contributed by atoms with E-state index in [1.807, 2.05) is 0 Å². The zero-order chi connectivity index (χ0) is 34.0. The van der Waals surface area contributed by atoms with Crippen LogP contribution in [0.1, 0.15) is 0 Å². The second-order valence-electron chi connectivity index (χ2n) is 12.9. The number of nitrogens with zero attached hydrogens (tertiary/aromatic N) is 1. The van der Waals surface area contributed by atoms with E-state index in [4.69, 9.17) is 0 Å². The molecule has 0 N–H and O–H groups in total. The Morgan fingerprint density at radius 1 is 0.255 bits per heavy atom. The van der Waals surface area contributed by atoms with E-state index in [2.05, 4.69) is 217 Å². The Balaban J connectivity index is 1.32. The zero-order valence-corrected chi connectivity index (χ0v) is 28.2. The molecule has 0 aliphatic rings. The molecule has 9 aromatic rings. The van der Waals surface area contributed by atoms with Crippen molar-refractivity contribution in [3.63, 3.8) is 0 Å². The highest BCUT2D eigenvalue weighted by Gasteiger charge is 2.24. The largest absolute Gasteiger partial charge is 0.309 e. The molecule has 0 atom stereocenters. The van der Waals surface area contributed by atoms with Crippen molar-refractivity contribution < 1.29 is 0 Å². The van der Waals surface area contributed by atoms with Crippen molar-refractivity contribution >= 4 is 38.6 Å². The SMILES string of the molecule is c1ccc(-c2ccc(-c3ccc(N(c4ccccc4)c4c(-c5ccccc5)c5ccccc5c5ccccc45)cc3-c3ccccc3)cc2)cc1. The van der Waals surface area contributed by atoms with Gasteiger partial charge in [-0.2, -0.15) is 0 Å². The van der Waals surface area contributed by atoms with Crippen LogP contribution in [-0.4, -0.2) is 0 Å². The van der Waals surface area contributed by atoms with Gasteiger partial charge in [-0.1, -0.05) is 188 Å². The van der Waals surface area contributed by atoms with E-state index in [-0.39, 0.29) is 0 Å². The first-order valence-corrected chi connectivity index (χ1v) is 17.5. The molecule has 0 saturated heterocycles. The van der Waals surface area contributed by atoms with Crippen LogP contribution in [0.4, 0.5) is 17.1 Å². The number of para-hydroxylation sites is 1. The summed E-state index contributed by atoms with van der Waals surface area (Å²) in [6.07, 6.45) is 0. The van der Waals surface area contributed by atoms with E-state index in [0.717, 1.165) is 11.4 Å². The molecule has 0 fully saturated rings. The Labute approximate surface area is 299 Å². The topological polar surface area (TPSA) is 3.24 Å². The third-order valence-electron chi connectivity index (χ3n) is 9.86. The molecule has 0 spiro atoms. The number of hydrogen-bond acceptors (Lipinski definition) is 1. The first-order valence-electron chi connectivity index (χ1n) is 17.5. The highest BCUT2D eigenvalue weighted by Crippen LogP contribution is 2.50. The first kappa shape index (κ1) is 30.4. The van der Waals surface area contributed by atoms with Crippen molar-refractivity contribution in [3.05, 3.63) is 212 Å². The molecule has 0 aliphatic heterocycles. The molecule has 0 bridgehead atoms. The molecular weight excluding hydrogens is 615 g/mol. The molecule has 51 heavy (non-hydrogen) atoms. The maximum Gasteiger partial charge on any atom is 0.0624 e. The molecule has 0 aliphatic carbocycles. The molecule has 0 amide bonds. The smallest absolute Gasteiger partial charge is 0.0624 e. The molecule has 9 aromatic carbocycles. The van der Waals surface area contributed by atoms with Gasteiger partial charge in [-0.15, -0.1) is 0 Å². The van der Waals surface area contributed by atoms with Crippen molar-refractivity contribution in [2.45, 2.75) is 0 Å². The van der Waals surface area contributed by atoms with Gasteiger partial charge < -0.3 is 4.90 Å². The molecule has 240 valence electrons. The van der Waals surface area contributed by atoms with Crippen LogP contribution >= 0.6 is 0 Å². The van der Waals surface area contributed by atoms with E-state index in [1.165, 1.54) is 71.7 Å². The van der Waals surface area contributed by atoms with Crippen molar-refractivity contribution in [2.24, 2.45) is 0 Å². The lowest BCUT2D eigenvalue weighted by atomic mass is 9.89. The van der Waals surface area contributed by atoms with Crippen LogP contribution in [0.5, 0.6) is 0 Å². The standard InChI is InChI=1S/C50H35N/c1-5-17-36(18-6-1)37-29-31-39(32-30-37)43-34-33-42(35-48(43)38-19-7-2-8-20-38)51(41-23-11-4-12-24-41)50-47-28-16-14-26-45(47)44-25-13-15-27-46(44)49(50)40-21-9-3-10-22-40/h1-35H. The Morgan fingerprint density at radius 2 is 0.686 bits per heavy atom. The monoisotopic (exact) mass is 649 g/mol. The fraction of sp³-hybridized carbons (Fsp3) is 0. The summed E-state index contributed by atoms with van der Waals surface area (Å²) in [6, 6.07) is 76.6. The van der Waals surface area contributed by atoms with Gasteiger partial charge in [0.15, 0.2) is 0 Å². The van der Waals surface area contributed by atoms with E-state index in [9.17, 15) is 0 Å². The molecular formula is C50H35N. The third kappa shape index (κ3) is 5.65. The highest BCUT2D eigenvalue weighted by molar-refractivity contribution is 6.22. The van der Waals surface area contributed by atoms with Crippen molar-refractivity contribution in [3.8, 4) is 44.5 Å². The van der Waals surface area contributed by atoms with Crippen molar-refractivity contribution in [1.82, 2.24) is 0 Å². The number of fused-ring (bicyclic) bond motifs is 3. The summed E-state index contributed by atoms with van der Waals surface area (Å²) in [6.45, 7) is 0. The van der Waals surface area contributed by atoms with Gasteiger partial charge in [0.1, 0.15) is 0 Å². The molecule has 0 saturated carbocycles. The van der Waals surface area contributed by atoms with Gasteiger partial charge >= 0.3 is 0 Å². The molecule has 1 heteroatoms. The van der Waals surface area contributed by atoms with Crippen LogP contribution in [0.25, 0.3) is 66.1 Å². The summed E-state index contributed by atoms with van der Waals surface area (Å²) in [5, 5.41) is 4.93. The van der Waals surface area contributed by atoms with E-state index in [0.29, 0.717) is 0 Å². The van der Waals surface area contributed by atoms with Gasteiger partial charge in [0.25, 0.3) is 0 Å². The maximum atomic E-state index is 2.46. The molecule has 9 rings (SSSR count). The highest BCUT2D eigenvalue weighted by atomic mass is 15.1. The molecule has 0 heterocycles. The van der Waals surface area contributed by atoms with Crippen LogP contribution < -0.4 is 4.90 Å². The molecule has 0 radical (unpaired) electrons. The Hall–Kier alpha value is -6.70. The van der Waals surface area contributed by atoms with Crippen LogP contribution in [0, 0.1) is 0 Å².